The van der Waals surface area contributed by atoms with Crippen LogP contribution in [0.4, 0.5) is 8.78 Å². The van der Waals surface area contributed by atoms with E-state index in [1.165, 1.54) is 12.1 Å². The van der Waals surface area contributed by atoms with Crippen LogP contribution in [0.1, 0.15) is 38.8 Å². The molecule has 0 spiro atoms. The molecule has 0 heterocycles. The first-order valence-corrected chi connectivity index (χ1v) is 6.34. The van der Waals surface area contributed by atoms with Crippen molar-refractivity contribution in [1.29, 1.82) is 0 Å². The zero-order chi connectivity index (χ0) is 14.5. The third kappa shape index (κ3) is 5.53. The molecule has 19 heavy (non-hydrogen) atoms. The highest BCUT2D eigenvalue weighted by molar-refractivity contribution is 5.28. The van der Waals surface area contributed by atoms with Crippen molar-refractivity contribution in [3.63, 3.8) is 0 Å². The molecule has 0 aromatic heterocycles. The van der Waals surface area contributed by atoms with Crippen LogP contribution < -0.4 is 10.1 Å². The van der Waals surface area contributed by atoms with Crippen LogP contribution in [0, 0.1) is 0 Å². The Labute approximate surface area is 112 Å². The third-order valence-corrected chi connectivity index (χ3v) is 3.16. The minimum atomic E-state index is -2.80. The molecule has 0 aliphatic heterocycles. The van der Waals surface area contributed by atoms with Gasteiger partial charge in [0.2, 0.25) is 0 Å². The van der Waals surface area contributed by atoms with Crippen LogP contribution in [0.25, 0.3) is 0 Å². The highest BCUT2D eigenvalue weighted by atomic mass is 19.3. The Bertz CT molecular complexity index is 380. The molecule has 2 atom stereocenters. The van der Waals surface area contributed by atoms with Crippen LogP contribution in [-0.2, 0) is 0 Å². The second kappa shape index (κ2) is 6.82. The van der Waals surface area contributed by atoms with Gasteiger partial charge in [-0.1, -0.05) is 19.1 Å². The molecule has 3 nitrogen and oxygen atoms in total. The molecule has 0 amide bonds. The molecular weight excluding hydrogens is 252 g/mol. The van der Waals surface area contributed by atoms with Gasteiger partial charge in [0.25, 0.3) is 0 Å². The van der Waals surface area contributed by atoms with Crippen LogP contribution in [0.5, 0.6) is 5.75 Å². The van der Waals surface area contributed by atoms with Crippen molar-refractivity contribution in [3.8, 4) is 5.75 Å². The highest BCUT2D eigenvalue weighted by Gasteiger charge is 2.18. The van der Waals surface area contributed by atoms with Crippen molar-refractivity contribution >= 4 is 0 Å². The first kappa shape index (κ1) is 15.9. The maximum Gasteiger partial charge on any atom is 0.387 e. The van der Waals surface area contributed by atoms with Crippen molar-refractivity contribution in [2.24, 2.45) is 0 Å². The summed E-state index contributed by atoms with van der Waals surface area (Å²) in [6.07, 6.45) is 0.661. The monoisotopic (exact) mass is 273 g/mol. The Morgan fingerprint density at radius 3 is 2.37 bits per heavy atom. The summed E-state index contributed by atoms with van der Waals surface area (Å²) < 4.78 is 28.3. The summed E-state index contributed by atoms with van der Waals surface area (Å²) in [5.41, 5.74) is 0.209. The quantitative estimate of drug-likeness (QED) is 0.802. The molecule has 0 saturated heterocycles. The molecule has 0 radical (unpaired) electrons. The predicted octanol–water partition coefficient (Wildman–Crippen LogP) is 3.10. The molecule has 2 unspecified atom stereocenters. The summed E-state index contributed by atoms with van der Waals surface area (Å²) in [7, 11) is 0. The molecule has 0 saturated carbocycles. The lowest BCUT2D eigenvalue weighted by molar-refractivity contribution is -0.0498. The Hall–Kier alpha value is -1.20. The van der Waals surface area contributed by atoms with E-state index >= 15 is 0 Å². The fraction of sp³-hybridized carbons (Fsp3) is 0.571. The average molecular weight is 273 g/mol. The highest BCUT2D eigenvalue weighted by Crippen LogP contribution is 2.19. The maximum absolute atomic E-state index is 12.0. The molecule has 0 fully saturated rings. The first-order chi connectivity index (χ1) is 8.84. The predicted molar refractivity (Wildman–Crippen MR) is 70.4 cm³/mol. The molecule has 2 N–H and O–H groups in total. The molecule has 0 aliphatic carbocycles. The fourth-order valence-electron chi connectivity index (χ4n) is 1.55. The normalized spacial score (nSPS) is 16.2. The molecular formula is C14H21F2NO2. The van der Waals surface area contributed by atoms with Gasteiger partial charge in [-0.2, -0.15) is 8.78 Å². The van der Waals surface area contributed by atoms with Gasteiger partial charge in [-0.25, -0.2) is 0 Å². The second-order valence-corrected chi connectivity index (χ2v) is 4.90. The molecule has 1 aromatic carbocycles. The van der Waals surface area contributed by atoms with E-state index < -0.39 is 12.2 Å². The van der Waals surface area contributed by atoms with Crippen molar-refractivity contribution in [1.82, 2.24) is 5.32 Å². The Morgan fingerprint density at radius 1 is 1.32 bits per heavy atom. The van der Waals surface area contributed by atoms with Gasteiger partial charge in [0.05, 0.1) is 5.60 Å². The lowest BCUT2D eigenvalue weighted by atomic mass is 10.0. The minimum absolute atomic E-state index is 0.0265. The van der Waals surface area contributed by atoms with E-state index in [-0.39, 0.29) is 11.8 Å². The molecule has 1 aromatic rings. The van der Waals surface area contributed by atoms with E-state index in [0.717, 1.165) is 5.56 Å². The Morgan fingerprint density at radius 2 is 1.89 bits per heavy atom. The summed E-state index contributed by atoms with van der Waals surface area (Å²) in [6.45, 7) is 3.31. The van der Waals surface area contributed by atoms with Crippen molar-refractivity contribution in [2.75, 3.05) is 6.54 Å². The fourth-order valence-corrected chi connectivity index (χ4v) is 1.55. The van der Waals surface area contributed by atoms with E-state index in [0.29, 0.717) is 13.0 Å². The van der Waals surface area contributed by atoms with Gasteiger partial charge in [0, 0.05) is 12.6 Å². The first-order valence-electron chi connectivity index (χ1n) is 6.34. The number of aliphatic hydroxyl groups is 1. The van der Waals surface area contributed by atoms with Gasteiger partial charge in [-0.15, -0.1) is 0 Å². The maximum atomic E-state index is 12.0. The van der Waals surface area contributed by atoms with E-state index in [4.69, 9.17) is 0 Å². The van der Waals surface area contributed by atoms with Crippen LogP contribution in [0.3, 0.4) is 0 Å². The van der Waals surface area contributed by atoms with E-state index in [2.05, 4.69) is 10.1 Å². The van der Waals surface area contributed by atoms with Gasteiger partial charge >= 0.3 is 6.61 Å². The van der Waals surface area contributed by atoms with E-state index in [1.807, 2.05) is 13.8 Å². The van der Waals surface area contributed by atoms with Gasteiger partial charge in [0.1, 0.15) is 5.75 Å². The number of alkyl halides is 2. The molecule has 0 aliphatic rings. The molecule has 0 bridgehead atoms. The number of hydrogen-bond donors (Lipinski definition) is 2. The SMILES string of the molecule is CCC(C)(O)CNC(C)c1ccc(OC(F)F)cc1. The van der Waals surface area contributed by atoms with Crippen molar-refractivity contribution in [3.05, 3.63) is 29.8 Å². The molecule has 5 heteroatoms. The van der Waals surface area contributed by atoms with Crippen molar-refractivity contribution < 1.29 is 18.6 Å². The second-order valence-electron chi connectivity index (χ2n) is 4.90. The van der Waals surface area contributed by atoms with Gasteiger partial charge in [-0.3, -0.25) is 0 Å². The Balaban J connectivity index is 2.55. The largest absolute Gasteiger partial charge is 0.435 e. The van der Waals surface area contributed by atoms with Crippen molar-refractivity contribution in [2.45, 2.75) is 45.4 Å². The summed E-state index contributed by atoms with van der Waals surface area (Å²) >= 11 is 0. The topological polar surface area (TPSA) is 41.5 Å². The number of rotatable bonds is 7. The summed E-state index contributed by atoms with van der Waals surface area (Å²) in [4.78, 5) is 0. The standard InChI is InChI=1S/C14H21F2NO2/c1-4-14(3,18)9-17-10(2)11-5-7-12(8-6-11)19-13(15)16/h5-8,10,13,17-18H,4,9H2,1-3H3. The summed E-state index contributed by atoms with van der Waals surface area (Å²) in [5, 5.41) is 13.1. The van der Waals surface area contributed by atoms with Crippen LogP contribution in [0.2, 0.25) is 0 Å². The number of benzene rings is 1. The third-order valence-electron chi connectivity index (χ3n) is 3.16. The smallest absolute Gasteiger partial charge is 0.387 e. The number of halogens is 2. The minimum Gasteiger partial charge on any atom is -0.435 e. The van der Waals surface area contributed by atoms with Crippen LogP contribution in [-0.4, -0.2) is 23.9 Å². The Kier molecular flexibility index (Phi) is 5.69. The zero-order valence-corrected chi connectivity index (χ0v) is 11.5. The van der Waals surface area contributed by atoms with Gasteiger partial charge < -0.3 is 15.2 Å². The van der Waals surface area contributed by atoms with Gasteiger partial charge in [0.15, 0.2) is 0 Å². The number of hydrogen-bond acceptors (Lipinski definition) is 3. The van der Waals surface area contributed by atoms with E-state index in [9.17, 15) is 13.9 Å². The lowest BCUT2D eigenvalue weighted by Gasteiger charge is -2.24. The molecule has 108 valence electrons. The zero-order valence-electron chi connectivity index (χ0n) is 11.5. The van der Waals surface area contributed by atoms with Gasteiger partial charge in [-0.05, 0) is 38.0 Å². The lowest BCUT2D eigenvalue weighted by Crippen LogP contribution is -2.38. The van der Waals surface area contributed by atoms with E-state index in [1.54, 1.807) is 19.1 Å². The summed E-state index contributed by atoms with van der Waals surface area (Å²) in [6, 6.07) is 6.51. The van der Waals surface area contributed by atoms with Crippen LogP contribution >= 0.6 is 0 Å². The number of ether oxygens (including phenoxy) is 1. The number of nitrogens with one attached hydrogen (secondary N) is 1. The van der Waals surface area contributed by atoms with Crippen LogP contribution in [0.15, 0.2) is 24.3 Å². The summed E-state index contributed by atoms with van der Waals surface area (Å²) in [5.74, 6) is 0.145. The molecule has 1 rings (SSSR count). The average Bonchev–Trinajstić information content (AvgIpc) is 2.36.